The second kappa shape index (κ2) is 5.69. The molecule has 2 rings (SSSR count). The monoisotopic (exact) mass is 335 g/mol. The van der Waals surface area contributed by atoms with Crippen LogP contribution in [0.3, 0.4) is 0 Å². The highest BCUT2D eigenvalue weighted by Gasteiger charge is 2.38. The van der Waals surface area contributed by atoms with Gasteiger partial charge in [-0.3, -0.25) is 0 Å². The summed E-state index contributed by atoms with van der Waals surface area (Å²) in [6.45, 7) is 3.34. The van der Waals surface area contributed by atoms with Gasteiger partial charge in [0.1, 0.15) is 0 Å². The summed E-state index contributed by atoms with van der Waals surface area (Å²) in [7, 11) is -3.67. The van der Waals surface area contributed by atoms with Crippen molar-refractivity contribution < 1.29 is 26.1 Å². The fourth-order valence-corrected chi connectivity index (χ4v) is 2.87. The van der Waals surface area contributed by atoms with Crippen molar-refractivity contribution in [2.45, 2.75) is 31.0 Å². The maximum absolute atomic E-state index is 12.4. The van der Waals surface area contributed by atoms with E-state index in [0.717, 1.165) is 0 Å². The van der Waals surface area contributed by atoms with E-state index in [1.165, 1.54) is 24.3 Å². The zero-order valence-corrected chi connectivity index (χ0v) is 12.4. The van der Waals surface area contributed by atoms with Crippen LogP contribution in [0.25, 0.3) is 11.4 Å². The summed E-state index contributed by atoms with van der Waals surface area (Å²) in [5, 5.41) is 3.22. The molecule has 10 heteroatoms. The van der Waals surface area contributed by atoms with E-state index in [2.05, 4.69) is 19.4 Å². The van der Waals surface area contributed by atoms with Gasteiger partial charge in [0.2, 0.25) is 15.8 Å². The number of nitrogens with zero attached hydrogens (tertiary/aromatic N) is 2. The Hall–Kier alpha value is -1.94. The van der Waals surface area contributed by atoms with Crippen molar-refractivity contribution in [3.63, 3.8) is 0 Å². The number of nitrogens with one attached hydrogen (secondary N) is 1. The van der Waals surface area contributed by atoms with E-state index in [-0.39, 0.29) is 22.3 Å². The van der Waals surface area contributed by atoms with Gasteiger partial charge in [-0.2, -0.15) is 18.2 Å². The average Bonchev–Trinajstić information content (AvgIpc) is 2.86. The zero-order chi connectivity index (χ0) is 16.5. The predicted molar refractivity (Wildman–Crippen MR) is 70.2 cm³/mol. The molecule has 120 valence electrons. The summed E-state index contributed by atoms with van der Waals surface area (Å²) in [4.78, 5) is 3.21. The molecule has 0 aliphatic heterocycles. The first-order valence-electron chi connectivity index (χ1n) is 6.13. The number of halogens is 3. The molecule has 6 nitrogen and oxygen atoms in total. The second-order valence-corrected chi connectivity index (χ2v) is 6.44. The minimum atomic E-state index is -4.73. The van der Waals surface area contributed by atoms with Crippen molar-refractivity contribution in [1.82, 2.24) is 14.9 Å². The third-order valence-electron chi connectivity index (χ3n) is 2.48. The molecule has 1 N–H and O–H groups in total. The van der Waals surface area contributed by atoms with Gasteiger partial charge in [0.15, 0.2) is 0 Å². The third kappa shape index (κ3) is 3.63. The first-order chi connectivity index (χ1) is 10.1. The molecule has 0 aliphatic rings. The first-order valence-corrected chi connectivity index (χ1v) is 7.61. The Morgan fingerprint density at radius 2 is 1.77 bits per heavy atom. The Bertz CT molecular complexity index is 752. The van der Waals surface area contributed by atoms with Crippen LogP contribution < -0.4 is 4.72 Å². The van der Waals surface area contributed by atoms with E-state index in [1.54, 1.807) is 13.8 Å². The molecule has 0 aliphatic carbocycles. The minimum Gasteiger partial charge on any atom is -0.329 e. The highest BCUT2D eigenvalue weighted by atomic mass is 32.2. The highest BCUT2D eigenvalue weighted by Crippen LogP contribution is 2.29. The number of hydrogen-bond donors (Lipinski definition) is 1. The zero-order valence-electron chi connectivity index (χ0n) is 11.5. The number of aromatic nitrogens is 2. The van der Waals surface area contributed by atoms with Crippen molar-refractivity contribution in [3.05, 3.63) is 30.2 Å². The molecule has 0 radical (unpaired) electrons. The number of rotatable bonds is 4. The van der Waals surface area contributed by atoms with Crippen molar-refractivity contribution in [2.75, 3.05) is 0 Å². The molecule has 1 aromatic carbocycles. The van der Waals surface area contributed by atoms with Crippen LogP contribution in [0, 0.1) is 0 Å². The van der Waals surface area contributed by atoms with Gasteiger partial charge in [-0.1, -0.05) is 5.16 Å². The summed E-state index contributed by atoms with van der Waals surface area (Å²) < 4.78 is 67.5. The molecule has 2 aromatic rings. The molecule has 1 aromatic heterocycles. The maximum Gasteiger partial charge on any atom is 0.471 e. The van der Waals surface area contributed by atoms with Gasteiger partial charge in [-0.15, -0.1) is 0 Å². The highest BCUT2D eigenvalue weighted by molar-refractivity contribution is 7.89. The summed E-state index contributed by atoms with van der Waals surface area (Å²) >= 11 is 0. The average molecular weight is 335 g/mol. The number of alkyl halides is 3. The predicted octanol–water partition coefficient (Wildman–Crippen LogP) is 2.44. The van der Waals surface area contributed by atoms with Crippen LogP contribution >= 0.6 is 0 Å². The third-order valence-corrected chi connectivity index (χ3v) is 4.16. The molecular formula is C12H12F3N3O3S. The van der Waals surface area contributed by atoms with Crippen LogP contribution in [0.2, 0.25) is 0 Å². The lowest BCUT2D eigenvalue weighted by atomic mass is 10.2. The van der Waals surface area contributed by atoms with E-state index in [9.17, 15) is 21.6 Å². The normalized spacial score (nSPS) is 12.8. The molecule has 22 heavy (non-hydrogen) atoms. The summed E-state index contributed by atoms with van der Waals surface area (Å²) in [6.07, 6.45) is -4.73. The molecule has 0 fully saturated rings. The minimum absolute atomic E-state index is 0.00973. The Labute approximate surface area is 124 Å². The van der Waals surface area contributed by atoms with Gasteiger partial charge in [0, 0.05) is 11.6 Å². The molecular weight excluding hydrogens is 323 g/mol. The molecule has 0 saturated carbocycles. The smallest absolute Gasteiger partial charge is 0.329 e. The van der Waals surface area contributed by atoms with Gasteiger partial charge >= 0.3 is 12.1 Å². The lowest BCUT2D eigenvalue weighted by Crippen LogP contribution is -2.30. The van der Waals surface area contributed by atoms with Gasteiger partial charge in [-0.05, 0) is 38.1 Å². The quantitative estimate of drug-likeness (QED) is 0.927. The molecule has 1 heterocycles. The van der Waals surface area contributed by atoms with Gasteiger partial charge in [0.05, 0.1) is 4.90 Å². The Kier molecular flexibility index (Phi) is 4.25. The standard InChI is InChI=1S/C12H12F3N3O3S/c1-7(2)18-22(19,20)9-5-3-8(4-6-9)10-16-11(21-17-10)12(13,14)15/h3-7,18H,1-2H3. The summed E-state index contributed by atoms with van der Waals surface area (Å²) in [5.41, 5.74) is 0.211. The summed E-state index contributed by atoms with van der Waals surface area (Å²) in [6, 6.07) is 4.84. The second-order valence-electron chi connectivity index (χ2n) is 4.72. The van der Waals surface area contributed by atoms with Gasteiger partial charge in [-0.25, -0.2) is 13.1 Å². The summed E-state index contributed by atoms with van der Waals surface area (Å²) in [5.74, 6) is -1.73. The molecule has 0 spiro atoms. The lowest BCUT2D eigenvalue weighted by molar-refractivity contribution is -0.159. The maximum atomic E-state index is 12.4. The van der Waals surface area contributed by atoms with Crippen LogP contribution in [-0.4, -0.2) is 24.6 Å². The SMILES string of the molecule is CC(C)NS(=O)(=O)c1ccc(-c2noc(C(F)(F)F)n2)cc1. The topological polar surface area (TPSA) is 85.1 Å². The largest absolute Gasteiger partial charge is 0.471 e. The molecule has 0 saturated heterocycles. The van der Waals surface area contributed by atoms with E-state index >= 15 is 0 Å². The fraction of sp³-hybridized carbons (Fsp3) is 0.333. The van der Waals surface area contributed by atoms with Crippen molar-refractivity contribution in [1.29, 1.82) is 0 Å². The molecule has 0 amide bonds. The molecule has 0 unspecified atom stereocenters. The van der Waals surface area contributed by atoms with Crippen LogP contribution in [0.4, 0.5) is 13.2 Å². The van der Waals surface area contributed by atoms with Crippen LogP contribution in [0.1, 0.15) is 19.7 Å². The number of sulfonamides is 1. The fourth-order valence-electron chi connectivity index (χ4n) is 1.62. The van der Waals surface area contributed by atoms with Crippen LogP contribution in [-0.2, 0) is 16.2 Å². The van der Waals surface area contributed by atoms with E-state index in [1.807, 2.05) is 0 Å². The van der Waals surface area contributed by atoms with Crippen LogP contribution in [0.5, 0.6) is 0 Å². The van der Waals surface area contributed by atoms with Gasteiger partial charge < -0.3 is 4.52 Å². The Morgan fingerprint density at radius 1 is 1.18 bits per heavy atom. The van der Waals surface area contributed by atoms with Crippen molar-refractivity contribution in [3.8, 4) is 11.4 Å². The number of benzene rings is 1. The van der Waals surface area contributed by atoms with Crippen molar-refractivity contribution >= 4 is 10.0 Å². The number of hydrogen-bond acceptors (Lipinski definition) is 5. The first kappa shape index (κ1) is 16.4. The van der Waals surface area contributed by atoms with E-state index in [0.29, 0.717) is 0 Å². The van der Waals surface area contributed by atoms with Gasteiger partial charge in [0.25, 0.3) is 0 Å². The van der Waals surface area contributed by atoms with Crippen LogP contribution in [0.15, 0.2) is 33.7 Å². The lowest BCUT2D eigenvalue weighted by Gasteiger charge is -2.09. The Morgan fingerprint density at radius 3 is 2.23 bits per heavy atom. The van der Waals surface area contributed by atoms with E-state index < -0.39 is 22.1 Å². The Balaban J connectivity index is 2.28. The van der Waals surface area contributed by atoms with Crippen molar-refractivity contribution in [2.24, 2.45) is 0 Å². The van der Waals surface area contributed by atoms with E-state index in [4.69, 9.17) is 0 Å². The molecule has 0 bridgehead atoms. The molecule has 0 atom stereocenters.